The SMILES string of the molecule is COC(=O)C(Cl)Cc1cccc(SC)c1. The molecule has 0 bridgehead atoms. The van der Waals surface area contributed by atoms with Crippen molar-refractivity contribution in [3.05, 3.63) is 29.8 Å². The quantitative estimate of drug-likeness (QED) is 0.463. The summed E-state index contributed by atoms with van der Waals surface area (Å²) in [5, 5.41) is -0.605. The number of methoxy groups -OCH3 is 1. The number of thioether (sulfide) groups is 1. The zero-order valence-electron chi connectivity index (χ0n) is 8.70. The van der Waals surface area contributed by atoms with Gasteiger partial charge in [-0.1, -0.05) is 12.1 Å². The zero-order valence-corrected chi connectivity index (χ0v) is 10.3. The van der Waals surface area contributed by atoms with E-state index >= 15 is 0 Å². The fourth-order valence-corrected chi connectivity index (χ4v) is 1.97. The second-order valence-corrected chi connectivity index (χ2v) is 4.45. The predicted octanol–water partition coefficient (Wildman–Crippen LogP) is 2.73. The van der Waals surface area contributed by atoms with Crippen molar-refractivity contribution in [3.63, 3.8) is 0 Å². The summed E-state index contributed by atoms with van der Waals surface area (Å²) in [5.74, 6) is -0.383. The van der Waals surface area contributed by atoms with Gasteiger partial charge in [-0.3, -0.25) is 4.79 Å². The summed E-state index contributed by atoms with van der Waals surface area (Å²) >= 11 is 7.55. The van der Waals surface area contributed by atoms with Gasteiger partial charge in [-0.25, -0.2) is 0 Å². The lowest BCUT2D eigenvalue weighted by Gasteiger charge is -2.07. The monoisotopic (exact) mass is 244 g/mol. The van der Waals surface area contributed by atoms with E-state index in [1.54, 1.807) is 11.8 Å². The van der Waals surface area contributed by atoms with Crippen LogP contribution in [-0.4, -0.2) is 24.7 Å². The minimum atomic E-state index is -0.605. The maximum absolute atomic E-state index is 11.1. The van der Waals surface area contributed by atoms with Crippen molar-refractivity contribution < 1.29 is 9.53 Å². The highest BCUT2D eigenvalue weighted by Crippen LogP contribution is 2.18. The topological polar surface area (TPSA) is 26.3 Å². The molecule has 1 atom stereocenters. The van der Waals surface area contributed by atoms with Crippen LogP contribution in [0.3, 0.4) is 0 Å². The highest BCUT2D eigenvalue weighted by molar-refractivity contribution is 7.98. The summed E-state index contributed by atoms with van der Waals surface area (Å²) in [6.45, 7) is 0. The molecule has 15 heavy (non-hydrogen) atoms. The van der Waals surface area contributed by atoms with Gasteiger partial charge in [0.1, 0.15) is 5.38 Å². The number of halogens is 1. The average Bonchev–Trinajstić information content (AvgIpc) is 2.28. The average molecular weight is 245 g/mol. The van der Waals surface area contributed by atoms with Crippen molar-refractivity contribution in [3.8, 4) is 0 Å². The minimum absolute atomic E-state index is 0.383. The molecule has 0 amide bonds. The van der Waals surface area contributed by atoms with Gasteiger partial charge in [-0.15, -0.1) is 23.4 Å². The number of rotatable bonds is 4. The van der Waals surface area contributed by atoms with E-state index in [4.69, 9.17) is 11.6 Å². The van der Waals surface area contributed by atoms with Crippen molar-refractivity contribution in [2.45, 2.75) is 16.7 Å². The molecular formula is C11H13ClO2S. The Morgan fingerprint density at radius 1 is 1.60 bits per heavy atom. The highest BCUT2D eigenvalue weighted by Gasteiger charge is 2.15. The molecule has 1 rings (SSSR count). The van der Waals surface area contributed by atoms with Gasteiger partial charge in [0.2, 0.25) is 0 Å². The molecule has 0 aromatic heterocycles. The first-order valence-electron chi connectivity index (χ1n) is 4.52. The second-order valence-electron chi connectivity index (χ2n) is 3.05. The van der Waals surface area contributed by atoms with Gasteiger partial charge in [0.15, 0.2) is 0 Å². The Hall–Kier alpha value is -0.670. The number of carbonyl (C=O) groups is 1. The summed E-state index contributed by atoms with van der Waals surface area (Å²) in [6.07, 6.45) is 2.51. The van der Waals surface area contributed by atoms with E-state index in [0.717, 1.165) is 5.56 Å². The summed E-state index contributed by atoms with van der Waals surface area (Å²) in [7, 11) is 1.34. The van der Waals surface area contributed by atoms with Crippen molar-refractivity contribution >= 4 is 29.3 Å². The molecule has 0 saturated heterocycles. The molecule has 82 valence electrons. The van der Waals surface area contributed by atoms with Crippen LogP contribution in [0, 0.1) is 0 Å². The van der Waals surface area contributed by atoms with Crippen molar-refractivity contribution in [1.29, 1.82) is 0 Å². The number of carbonyl (C=O) groups excluding carboxylic acids is 1. The van der Waals surface area contributed by atoms with Crippen LogP contribution in [0.15, 0.2) is 29.2 Å². The Morgan fingerprint density at radius 2 is 2.33 bits per heavy atom. The first-order chi connectivity index (χ1) is 7.17. The number of hydrogen-bond acceptors (Lipinski definition) is 3. The highest BCUT2D eigenvalue weighted by atomic mass is 35.5. The van der Waals surface area contributed by atoms with E-state index in [1.165, 1.54) is 12.0 Å². The maximum atomic E-state index is 11.1. The third kappa shape index (κ3) is 3.76. The molecule has 1 aromatic carbocycles. The second kappa shape index (κ2) is 6.03. The van der Waals surface area contributed by atoms with Gasteiger partial charge in [0, 0.05) is 4.90 Å². The van der Waals surface area contributed by atoms with Crippen LogP contribution < -0.4 is 0 Å². The van der Waals surface area contributed by atoms with E-state index in [1.807, 2.05) is 30.5 Å². The lowest BCUT2D eigenvalue weighted by atomic mass is 10.1. The number of alkyl halides is 1. The van der Waals surface area contributed by atoms with Crippen molar-refractivity contribution in [1.82, 2.24) is 0 Å². The van der Waals surface area contributed by atoms with Crippen LogP contribution in [-0.2, 0) is 16.0 Å². The largest absolute Gasteiger partial charge is 0.468 e. The Kier molecular flexibility index (Phi) is 4.99. The molecule has 1 unspecified atom stereocenters. The van der Waals surface area contributed by atoms with Crippen LogP contribution in [0.5, 0.6) is 0 Å². The Labute approximate surface area is 99.0 Å². The molecule has 0 spiro atoms. The fourth-order valence-electron chi connectivity index (χ4n) is 1.22. The number of ether oxygens (including phenoxy) is 1. The molecule has 0 radical (unpaired) electrons. The molecule has 0 aliphatic heterocycles. The first kappa shape index (κ1) is 12.4. The van der Waals surface area contributed by atoms with Gasteiger partial charge in [0.25, 0.3) is 0 Å². The molecule has 0 fully saturated rings. The Bertz CT molecular complexity index is 341. The van der Waals surface area contributed by atoms with E-state index in [2.05, 4.69) is 4.74 Å². The third-order valence-corrected chi connectivity index (χ3v) is 3.06. The van der Waals surface area contributed by atoms with Crippen LogP contribution in [0.25, 0.3) is 0 Å². The maximum Gasteiger partial charge on any atom is 0.324 e. The van der Waals surface area contributed by atoms with Crippen molar-refractivity contribution in [2.24, 2.45) is 0 Å². The standard InChI is InChI=1S/C11H13ClO2S/c1-14-11(13)10(12)7-8-4-3-5-9(6-8)15-2/h3-6,10H,7H2,1-2H3. The molecule has 0 heterocycles. The lowest BCUT2D eigenvalue weighted by molar-refractivity contribution is -0.140. The molecule has 2 nitrogen and oxygen atoms in total. The third-order valence-electron chi connectivity index (χ3n) is 2.01. The molecule has 1 aromatic rings. The molecule has 0 N–H and O–H groups in total. The van der Waals surface area contributed by atoms with E-state index in [0.29, 0.717) is 6.42 Å². The van der Waals surface area contributed by atoms with Crippen LogP contribution in [0.4, 0.5) is 0 Å². The molecular weight excluding hydrogens is 232 g/mol. The Balaban J connectivity index is 2.67. The van der Waals surface area contributed by atoms with Gasteiger partial charge in [0.05, 0.1) is 7.11 Å². The summed E-state index contributed by atoms with van der Waals surface area (Å²) in [6, 6.07) is 7.97. The van der Waals surface area contributed by atoms with Gasteiger partial charge in [-0.05, 0) is 30.4 Å². The molecule has 4 heteroatoms. The summed E-state index contributed by atoms with van der Waals surface area (Å²) in [4.78, 5) is 12.3. The molecule has 0 aliphatic rings. The molecule has 0 saturated carbocycles. The predicted molar refractivity (Wildman–Crippen MR) is 63.6 cm³/mol. The normalized spacial score (nSPS) is 12.2. The number of esters is 1. The fraction of sp³-hybridized carbons (Fsp3) is 0.364. The molecule has 0 aliphatic carbocycles. The summed E-state index contributed by atoms with van der Waals surface area (Å²) < 4.78 is 4.56. The van der Waals surface area contributed by atoms with Crippen LogP contribution >= 0.6 is 23.4 Å². The van der Waals surface area contributed by atoms with Gasteiger partial charge >= 0.3 is 5.97 Å². The van der Waals surface area contributed by atoms with Crippen LogP contribution in [0.1, 0.15) is 5.56 Å². The minimum Gasteiger partial charge on any atom is -0.468 e. The summed E-state index contributed by atoms with van der Waals surface area (Å²) in [5.41, 5.74) is 1.05. The van der Waals surface area contributed by atoms with Gasteiger partial charge < -0.3 is 4.74 Å². The van der Waals surface area contributed by atoms with Gasteiger partial charge in [-0.2, -0.15) is 0 Å². The van der Waals surface area contributed by atoms with E-state index < -0.39 is 5.38 Å². The van der Waals surface area contributed by atoms with E-state index in [9.17, 15) is 4.79 Å². The Morgan fingerprint density at radius 3 is 2.93 bits per heavy atom. The first-order valence-corrected chi connectivity index (χ1v) is 6.18. The number of hydrogen-bond donors (Lipinski definition) is 0. The van der Waals surface area contributed by atoms with Crippen LogP contribution in [0.2, 0.25) is 0 Å². The van der Waals surface area contributed by atoms with Crippen molar-refractivity contribution in [2.75, 3.05) is 13.4 Å². The smallest absolute Gasteiger partial charge is 0.324 e. The number of benzene rings is 1. The zero-order chi connectivity index (χ0) is 11.3. The lowest BCUT2D eigenvalue weighted by Crippen LogP contribution is -2.18. The van der Waals surface area contributed by atoms with E-state index in [-0.39, 0.29) is 5.97 Å².